The van der Waals surface area contributed by atoms with Crippen molar-refractivity contribution in [1.82, 2.24) is 4.57 Å². The molecule has 0 aliphatic carbocycles. The zero-order valence-corrected chi connectivity index (χ0v) is 22.9. The van der Waals surface area contributed by atoms with Crippen LogP contribution in [0.4, 0.5) is 17.1 Å². The zero-order chi connectivity index (χ0) is 27.6. The molecule has 0 saturated heterocycles. The lowest BCUT2D eigenvalue weighted by atomic mass is 9.89. The summed E-state index contributed by atoms with van der Waals surface area (Å²) in [6.07, 6.45) is 0. The van der Waals surface area contributed by atoms with Gasteiger partial charge in [-0.2, -0.15) is 0 Å². The topological polar surface area (TPSA) is 8.17 Å². The third kappa shape index (κ3) is 3.27. The fourth-order valence-corrected chi connectivity index (χ4v) is 6.90. The van der Waals surface area contributed by atoms with Gasteiger partial charge < -0.3 is 9.47 Å². The van der Waals surface area contributed by atoms with Crippen molar-refractivity contribution < 1.29 is 0 Å². The number of rotatable bonds is 3. The molecular weight excluding hydrogens is 508 g/mol. The van der Waals surface area contributed by atoms with E-state index in [1.54, 1.807) is 0 Å². The Morgan fingerprint density at radius 2 is 1.07 bits per heavy atom. The first-order valence-electron chi connectivity index (χ1n) is 14.5. The maximum atomic E-state index is 2.47. The number of para-hydroxylation sites is 2. The van der Waals surface area contributed by atoms with Crippen LogP contribution in [0.25, 0.3) is 60.5 Å². The van der Waals surface area contributed by atoms with E-state index in [0.29, 0.717) is 0 Å². The number of nitrogens with zero attached hydrogens (tertiary/aromatic N) is 2. The largest absolute Gasteiger partial charge is 0.309 e. The predicted octanol–water partition coefficient (Wildman–Crippen LogP) is 11.1. The minimum absolute atomic E-state index is 1.16. The molecule has 7 aromatic carbocycles. The van der Waals surface area contributed by atoms with Crippen LogP contribution >= 0.6 is 0 Å². The van der Waals surface area contributed by atoms with Gasteiger partial charge in [-0.25, -0.2) is 0 Å². The second-order valence-electron chi connectivity index (χ2n) is 11.0. The Bertz CT molecular complexity index is 2270. The van der Waals surface area contributed by atoms with E-state index >= 15 is 0 Å². The number of benzene rings is 7. The van der Waals surface area contributed by atoms with Gasteiger partial charge in [0.05, 0.1) is 22.4 Å². The first kappa shape index (κ1) is 23.1. The molecule has 1 aliphatic heterocycles. The summed E-state index contributed by atoms with van der Waals surface area (Å²) in [5, 5.41) is 5.09. The van der Waals surface area contributed by atoms with Crippen LogP contribution in [0, 0.1) is 0 Å². The van der Waals surface area contributed by atoms with Crippen molar-refractivity contribution >= 4 is 49.6 Å². The van der Waals surface area contributed by atoms with Gasteiger partial charge in [-0.3, -0.25) is 0 Å². The third-order valence-corrected chi connectivity index (χ3v) is 8.70. The van der Waals surface area contributed by atoms with Crippen LogP contribution in [-0.2, 0) is 0 Å². The summed E-state index contributed by atoms with van der Waals surface area (Å²) in [5.74, 6) is 0. The molecule has 42 heavy (non-hydrogen) atoms. The third-order valence-electron chi connectivity index (χ3n) is 8.70. The van der Waals surface area contributed by atoms with E-state index in [0.717, 1.165) is 11.4 Å². The summed E-state index contributed by atoms with van der Waals surface area (Å²) >= 11 is 0. The number of aromatic nitrogens is 1. The first-order valence-corrected chi connectivity index (χ1v) is 14.5. The highest BCUT2D eigenvalue weighted by Crippen LogP contribution is 2.54. The number of hydrogen-bond donors (Lipinski definition) is 0. The maximum absolute atomic E-state index is 2.47. The van der Waals surface area contributed by atoms with Crippen LogP contribution in [0.3, 0.4) is 0 Å². The van der Waals surface area contributed by atoms with E-state index in [9.17, 15) is 0 Å². The van der Waals surface area contributed by atoms with Gasteiger partial charge in [0, 0.05) is 33.1 Å². The molecule has 0 radical (unpaired) electrons. The van der Waals surface area contributed by atoms with Crippen molar-refractivity contribution in [2.45, 2.75) is 0 Å². The van der Waals surface area contributed by atoms with Gasteiger partial charge in [0.1, 0.15) is 0 Å². The lowest BCUT2D eigenvalue weighted by Crippen LogP contribution is -2.15. The van der Waals surface area contributed by atoms with Crippen LogP contribution in [0.2, 0.25) is 0 Å². The molecule has 8 aromatic rings. The molecule has 0 atom stereocenters. The summed E-state index contributed by atoms with van der Waals surface area (Å²) in [7, 11) is 0. The fourth-order valence-electron chi connectivity index (χ4n) is 6.90. The normalized spacial score (nSPS) is 12.2. The maximum Gasteiger partial charge on any atom is 0.0640 e. The molecule has 9 rings (SSSR count). The highest BCUT2D eigenvalue weighted by atomic mass is 15.2. The number of anilines is 3. The Kier molecular flexibility index (Phi) is 4.93. The molecule has 1 aliphatic rings. The molecule has 0 fully saturated rings. The van der Waals surface area contributed by atoms with Crippen LogP contribution < -0.4 is 4.90 Å². The summed E-state index contributed by atoms with van der Waals surface area (Å²) in [6, 6.07) is 57.2. The van der Waals surface area contributed by atoms with E-state index in [-0.39, 0.29) is 0 Å². The van der Waals surface area contributed by atoms with E-state index in [2.05, 4.69) is 167 Å². The summed E-state index contributed by atoms with van der Waals surface area (Å²) in [4.78, 5) is 2.47. The minimum atomic E-state index is 1.16. The standard InChI is InChI=1S/C40H26N2/c1-3-11-27(12-4-1)28-21-23-31(24-22-28)41-35-19-8-7-17-34(35)39-37(41)26-25-33-32-18-9-13-29-14-10-20-36(38(29)32)42(40(33)39)30-15-5-2-6-16-30/h1-26H. The predicted molar refractivity (Wildman–Crippen MR) is 177 cm³/mol. The molecule has 2 heteroatoms. The summed E-state index contributed by atoms with van der Waals surface area (Å²) < 4.78 is 2.42. The van der Waals surface area contributed by atoms with Crippen molar-refractivity contribution in [2.75, 3.05) is 4.90 Å². The van der Waals surface area contributed by atoms with Crippen molar-refractivity contribution in [3.05, 3.63) is 158 Å². The second kappa shape index (κ2) is 8.95. The number of hydrogen-bond acceptors (Lipinski definition) is 1. The molecule has 0 spiro atoms. The first-order chi connectivity index (χ1) is 20.9. The average molecular weight is 535 g/mol. The van der Waals surface area contributed by atoms with Crippen molar-refractivity contribution in [2.24, 2.45) is 0 Å². The van der Waals surface area contributed by atoms with Gasteiger partial charge in [-0.1, -0.05) is 115 Å². The smallest absolute Gasteiger partial charge is 0.0640 e. The lowest BCUT2D eigenvalue weighted by Gasteiger charge is -2.34. The molecular formula is C40H26N2. The Morgan fingerprint density at radius 1 is 0.381 bits per heavy atom. The molecule has 1 aromatic heterocycles. The van der Waals surface area contributed by atoms with Gasteiger partial charge in [0.25, 0.3) is 0 Å². The molecule has 196 valence electrons. The summed E-state index contributed by atoms with van der Waals surface area (Å²) in [5.41, 5.74) is 12.2. The second-order valence-corrected chi connectivity index (χ2v) is 11.0. The van der Waals surface area contributed by atoms with Gasteiger partial charge in [-0.15, -0.1) is 0 Å². The lowest BCUT2D eigenvalue weighted by molar-refractivity contribution is 1.18. The molecule has 0 saturated carbocycles. The van der Waals surface area contributed by atoms with E-state index < -0.39 is 0 Å². The van der Waals surface area contributed by atoms with E-state index in [1.165, 1.54) is 66.2 Å². The zero-order valence-electron chi connectivity index (χ0n) is 22.9. The van der Waals surface area contributed by atoms with Crippen molar-refractivity contribution in [1.29, 1.82) is 0 Å². The molecule has 2 nitrogen and oxygen atoms in total. The van der Waals surface area contributed by atoms with Crippen LogP contribution in [0.1, 0.15) is 0 Å². The van der Waals surface area contributed by atoms with Crippen molar-refractivity contribution in [3.8, 4) is 27.9 Å². The van der Waals surface area contributed by atoms with Gasteiger partial charge in [0.15, 0.2) is 0 Å². The average Bonchev–Trinajstić information content (AvgIpc) is 3.41. The monoisotopic (exact) mass is 534 g/mol. The molecule has 0 amide bonds. The summed E-state index contributed by atoms with van der Waals surface area (Å²) in [6.45, 7) is 0. The highest BCUT2D eigenvalue weighted by molar-refractivity contribution is 6.24. The molecule has 2 heterocycles. The van der Waals surface area contributed by atoms with E-state index in [1.807, 2.05) is 0 Å². The Labute approximate surface area is 244 Å². The Morgan fingerprint density at radius 3 is 1.88 bits per heavy atom. The van der Waals surface area contributed by atoms with Gasteiger partial charge in [-0.05, 0) is 64.5 Å². The molecule has 0 unspecified atom stereocenters. The SMILES string of the molecule is c1ccc(-c2ccc(-n3c4ccccc4c4c5c(ccc43)-c3cccc4cccc(c34)N5c3ccccc3)cc2)cc1. The van der Waals surface area contributed by atoms with Crippen LogP contribution in [0.5, 0.6) is 0 Å². The van der Waals surface area contributed by atoms with E-state index in [4.69, 9.17) is 0 Å². The molecule has 0 bridgehead atoms. The Balaban J connectivity index is 1.37. The van der Waals surface area contributed by atoms with Gasteiger partial charge in [0.2, 0.25) is 0 Å². The number of fused-ring (bicyclic) bond motifs is 6. The van der Waals surface area contributed by atoms with Crippen molar-refractivity contribution in [3.63, 3.8) is 0 Å². The highest BCUT2D eigenvalue weighted by Gasteiger charge is 2.29. The van der Waals surface area contributed by atoms with Crippen LogP contribution in [-0.4, -0.2) is 4.57 Å². The Hall–Kier alpha value is -5.60. The minimum Gasteiger partial charge on any atom is -0.309 e. The quantitative estimate of drug-likeness (QED) is 0.219. The van der Waals surface area contributed by atoms with Gasteiger partial charge >= 0.3 is 0 Å². The molecule has 0 N–H and O–H groups in total. The van der Waals surface area contributed by atoms with Crippen LogP contribution in [0.15, 0.2) is 158 Å². The fraction of sp³-hybridized carbons (Fsp3) is 0.